The number of fused-ring (bicyclic) bond motifs is 2. The van der Waals surface area contributed by atoms with Gasteiger partial charge in [-0.05, 0) is 123 Å². The van der Waals surface area contributed by atoms with Crippen LogP contribution in [0.25, 0.3) is 0 Å². The molecule has 0 aromatic heterocycles. The minimum Gasteiger partial charge on any atom is -0.542 e. The second kappa shape index (κ2) is 35.1. The Morgan fingerprint density at radius 2 is 0.887 bits per heavy atom. The van der Waals surface area contributed by atoms with Crippen molar-refractivity contribution in [3.05, 3.63) is 178 Å². The fourth-order valence-corrected chi connectivity index (χ4v) is 12.6. The van der Waals surface area contributed by atoms with E-state index in [1.165, 1.54) is 22.5 Å². The Kier molecular flexibility index (Phi) is 28.0. The molecule has 0 bridgehead atoms. The van der Waals surface area contributed by atoms with Crippen molar-refractivity contribution in [3.8, 4) is 23.0 Å². The van der Waals surface area contributed by atoms with Crippen LogP contribution in [0.3, 0.4) is 0 Å². The first-order valence-electron chi connectivity index (χ1n) is 32.3. The first-order valence-corrected chi connectivity index (χ1v) is 32.3. The summed E-state index contributed by atoms with van der Waals surface area (Å²) in [6.07, 6.45) is -6.98. The summed E-state index contributed by atoms with van der Waals surface area (Å²) in [7, 11) is 11.3. The highest BCUT2D eigenvalue weighted by molar-refractivity contribution is 6.01. The maximum atomic E-state index is 14.3. The Labute approximate surface area is 566 Å². The molecule has 6 aromatic rings. The van der Waals surface area contributed by atoms with Crippen LogP contribution in [0.4, 0.5) is 37.7 Å². The number of carbonyl (C=O) groups excluding carboxylic acids is 4. The van der Waals surface area contributed by atoms with Gasteiger partial charge < -0.3 is 73.0 Å². The number of anilines is 2. The molecule has 2 fully saturated rings. The predicted octanol–water partition coefficient (Wildman–Crippen LogP) is 9.83. The van der Waals surface area contributed by atoms with Crippen molar-refractivity contribution in [2.45, 2.75) is 97.6 Å². The van der Waals surface area contributed by atoms with Gasteiger partial charge in [-0.2, -0.15) is 26.3 Å². The Bertz CT molecular complexity index is 3470. The highest BCUT2D eigenvalue weighted by atomic mass is 19.4. The summed E-state index contributed by atoms with van der Waals surface area (Å²) in [5, 5.41) is 17.6. The third-order valence-corrected chi connectivity index (χ3v) is 18.7. The maximum absolute atomic E-state index is 14.3. The van der Waals surface area contributed by atoms with Crippen LogP contribution in [0.2, 0.25) is 0 Å². The number of quaternary nitrogens is 2. The number of halogens is 6. The standard InChI is InChI=1S/C41H51N4O3.C27H39N4O3.2C2HF3O2.CH4/c1-5-45(2)26-24-43(25-27-45)38-19-12-18-35-36(38)31-44(41(35)46)37(34-21-22-39(47-3)40(28-34)48-4)20-13-23-42(29-32-14-8-6-9-15-32)30-33-16-10-7-11-17-33;1-5-31(2)16-14-29(15-17-31)24-9-6-8-21-22(24)19-30(27(21)32)23(10-7-13-28)20-11-12-25(33-3)26(18-20)34-4;2*3-2(4,5)1(6)7;/h6-12,14-19,21-22,28,37H,5,13,20,23-27,29-31H2,1-4H3;6,8-9,11-12,18,23H,5,7,10,13-17,19,28H2,1-4H3;2*(H,6,7);1H4/q2*+1;;;/p-2/t37-;23-;;;/m11.../s1. The quantitative estimate of drug-likeness (QED) is 0.0471. The molecule has 4 heterocycles. The number of aliphatic carboxylic acids is 2. The number of rotatable bonds is 23. The van der Waals surface area contributed by atoms with Gasteiger partial charge in [0.25, 0.3) is 11.8 Å². The highest BCUT2D eigenvalue weighted by Gasteiger charge is 2.40. The van der Waals surface area contributed by atoms with E-state index in [0.29, 0.717) is 42.6 Å². The zero-order chi connectivity index (χ0) is 70.0. The number of nitrogens with zero attached hydrogens (tertiary/aromatic N) is 7. The average molecular weight is 1360 g/mol. The lowest BCUT2D eigenvalue weighted by molar-refractivity contribution is -0.908. The third-order valence-electron chi connectivity index (χ3n) is 18.7. The Hall–Kier alpha value is -8.58. The molecule has 4 aliphatic heterocycles. The fourth-order valence-electron chi connectivity index (χ4n) is 12.6. The summed E-state index contributed by atoms with van der Waals surface area (Å²) in [5.41, 5.74) is 17.0. The van der Waals surface area contributed by atoms with Crippen molar-refractivity contribution < 1.29 is 83.6 Å². The van der Waals surface area contributed by atoms with E-state index in [9.17, 15) is 35.9 Å². The molecule has 2 atom stereocenters. The number of benzene rings is 6. The Balaban J connectivity index is 0.000000263. The molecule has 0 radical (unpaired) electrons. The number of amides is 2. The molecule has 4 aliphatic rings. The van der Waals surface area contributed by atoms with Crippen molar-refractivity contribution in [3.63, 3.8) is 0 Å². The summed E-state index contributed by atoms with van der Waals surface area (Å²) in [6.45, 7) is 19.9. The Morgan fingerprint density at radius 1 is 0.536 bits per heavy atom. The molecule has 24 heteroatoms. The van der Waals surface area contributed by atoms with Crippen LogP contribution < -0.4 is 44.7 Å². The van der Waals surface area contributed by atoms with E-state index in [-0.39, 0.29) is 31.3 Å². The number of piperazine rings is 2. The first-order chi connectivity index (χ1) is 45.7. The van der Waals surface area contributed by atoms with Gasteiger partial charge in [-0.15, -0.1) is 0 Å². The monoisotopic (exact) mass is 1360 g/mol. The van der Waals surface area contributed by atoms with Crippen molar-refractivity contribution in [1.29, 1.82) is 0 Å². The van der Waals surface area contributed by atoms with E-state index < -0.39 is 24.3 Å². The van der Waals surface area contributed by atoms with Gasteiger partial charge in [0.1, 0.15) is 11.9 Å². The number of hydrogen-bond acceptors (Lipinski definition) is 14. The van der Waals surface area contributed by atoms with Crippen molar-refractivity contribution >= 4 is 35.1 Å². The van der Waals surface area contributed by atoms with Crippen LogP contribution in [-0.4, -0.2) is 181 Å². The number of alkyl halides is 6. The molecule has 0 spiro atoms. The molecule has 0 unspecified atom stereocenters. The van der Waals surface area contributed by atoms with Gasteiger partial charge in [-0.25, -0.2) is 0 Å². The Morgan fingerprint density at radius 3 is 1.21 bits per heavy atom. The minimum absolute atomic E-state index is 0. The van der Waals surface area contributed by atoms with E-state index in [0.717, 1.165) is 153 Å². The summed E-state index contributed by atoms with van der Waals surface area (Å²) in [5.74, 6) is -3.07. The van der Waals surface area contributed by atoms with Crippen molar-refractivity contribution in [1.82, 2.24) is 14.7 Å². The van der Waals surface area contributed by atoms with Gasteiger partial charge in [-0.3, -0.25) is 14.5 Å². The summed E-state index contributed by atoms with van der Waals surface area (Å²) in [6, 6.07) is 45.8. The number of ether oxygens (including phenoxy) is 4. The van der Waals surface area contributed by atoms with E-state index in [4.69, 9.17) is 44.5 Å². The molecule has 6 aromatic carbocycles. The number of nitrogens with two attached hydrogens (primary N) is 1. The predicted molar refractivity (Wildman–Crippen MR) is 358 cm³/mol. The van der Waals surface area contributed by atoms with Crippen molar-refractivity contribution in [2.24, 2.45) is 5.73 Å². The minimum atomic E-state index is -5.19. The van der Waals surface area contributed by atoms with Crippen LogP contribution in [0.1, 0.15) is 113 Å². The van der Waals surface area contributed by atoms with Crippen LogP contribution in [0, 0.1) is 0 Å². The molecule has 528 valence electrons. The van der Waals surface area contributed by atoms with Gasteiger partial charge in [0, 0.05) is 59.8 Å². The number of carbonyl (C=O) groups is 4. The van der Waals surface area contributed by atoms with Crippen LogP contribution in [-0.2, 0) is 35.8 Å². The van der Waals surface area contributed by atoms with E-state index in [1.54, 1.807) is 28.4 Å². The third kappa shape index (κ3) is 20.3. The SMILES string of the molecule is C.CC[N+]1(C)CCN(c2cccc3c2CN([C@H](CCCN(Cc2ccccc2)Cc2ccccc2)c2ccc(OC)c(OC)c2)C3=O)CC1.CC[N+]1(C)CCN(c2cccc3c2CN([C@H](CCCN)c2ccc(OC)c(OC)c2)C3=O)CC1.O=C([O-])C(F)(F)F.O=C([O-])C(F)(F)F. The molecule has 0 aliphatic carbocycles. The number of methoxy groups -OCH3 is 4. The smallest absolute Gasteiger partial charge is 0.430 e. The molecular formula is C73H94F6N8O10. The number of likely N-dealkylation sites (N-methyl/N-ethyl adjacent to an activating group) is 2. The zero-order valence-corrected chi connectivity index (χ0v) is 56.1. The highest BCUT2D eigenvalue weighted by Crippen LogP contribution is 2.43. The molecule has 10 rings (SSSR count). The number of carboxylic acids is 2. The van der Waals surface area contributed by atoms with Crippen LogP contribution in [0.15, 0.2) is 133 Å². The van der Waals surface area contributed by atoms with Crippen molar-refractivity contribution in [2.75, 3.05) is 131 Å². The lowest BCUT2D eigenvalue weighted by Crippen LogP contribution is -2.57. The summed E-state index contributed by atoms with van der Waals surface area (Å²) < 4.78 is 87.6. The van der Waals surface area contributed by atoms with Gasteiger partial charge in [0.2, 0.25) is 0 Å². The normalized spacial score (nSPS) is 16.0. The van der Waals surface area contributed by atoms with E-state index in [2.05, 4.69) is 139 Å². The molecular weight excluding hydrogens is 1260 g/mol. The summed E-state index contributed by atoms with van der Waals surface area (Å²) in [4.78, 5) is 57.1. The topological polar surface area (TPSA) is 194 Å². The van der Waals surface area contributed by atoms with Crippen LogP contribution >= 0.6 is 0 Å². The van der Waals surface area contributed by atoms with Gasteiger partial charge >= 0.3 is 12.4 Å². The summed E-state index contributed by atoms with van der Waals surface area (Å²) >= 11 is 0. The first kappa shape index (κ1) is 77.4. The van der Waals surface area contributed by atoms with Crippen LogP contribution in [0.5, 0.6) is 23.0 Å². The van der Waals surface area contributed by atoms with E-state index >= 15 is 0 Å². The van der Waals surface area contributed by atoms with Gasteiger partial charge in [0.05, 0.1) is 120 Å². The number of carboxylic acid groups (broad SMARTS) is 2. The molecule has 2 saturated heterocycles. The zero-order valence-electron chi connectivity index (χ0n) is 56.1. The van der Waals surface area contributed by atoms with E-state index in [1.807, 2.05) is 47.4 Å². The fraction of sp³-hybridized carbons (Fsp3) is 0.452. The van der Waals surface area contributed by atoms with Gasteiger partial charge in [-0.1, -0.05) is 92.4 Å². The second-order valence-electron chi connectivity index (χ2n) is 24.8. The molecule has 0 saturated carbocycles. The molecule has 18 nitrogen and oxygen atoms in total. The maximum Gasteiger partial charge on any atom is 0.430 e. The molecule has 2 N–H and O–H groups in total. The lowest BCUT2D eigenvalue weighted by Gasteiger charge is -2.42. The lowest BCUT2D eigenvalue weighted by atomic mass is 9.99. The number of hydrogen-bond donors (Lipinski definition) is 1. The van der Waals surface area contributed by atoms with Gasteiger partial charge in [0.15, 0.2) is 23.0 Å². The molecule has 2 amide bonds. The largest absolute Gasteiger partial charge is 0.542 e. The second-order valence-corrected chi connectivity index (χ2v) is 24.8. The average Bonchev–Trinajstić information content (AvgIpc) is 1.63. The molecule has 97 heavy (non-hydrogen) atoms.